The second-order valence-corrected chi connectivity index (χ2v) is 25.8. The number of carbonyl (C=O) groups excluding carboxylic acids is 8. The third kappa shape index (κ3) is 18.1. The summed E-state index contributed by atoms with van der Waals surface area (Å²) in [6, 6.07) is 10.3. The maximum atomic E-state index is 15.7. The molecule has 25 nitrogen and oxygen atoms in total. The Labute approximate surface area is 488 Å². The topological polar surface area (TPSA) is 340 Å². The van der Waals surface area contributed by atoms with E-state index in [4.69, 9.17) is 13.8 Å². The minimum atomic E-state index is -3.67. The first-order valence-corrected chi connectivity index (χ1v) is 31.9. The van der Waals surface area contributed by atoms with E-state index >= 15 is 14.4 Å². The molecular weight excluding hydrogens is 1140 g/mol. The molecule has 2 bridgehead atoms. The van der Waals surface area contributed by atoms with Gasteiger partial charge in [-0.1, -0.05) is 49.4 Å². The smallest absolute Gasteiger partial charge is 0.333 e. The quantitative estimate of drug-likeness (QED) is 0.123. The Hall–Kier alpha value is -6.72. The number of hydrogen-bond acceptors (Lipinski definition) is 18. The molecule has 2 aromatic carbocycles. The standard InChI is InChI=1S/C53H67N9O10S.2CH4O3S/c1-6-37-50(68)61-23-11-14-38(61)51(69)59(5)40(26-32-16-18-36(19-17-32)58(3)4)52(70)62-28-35(30-73-43-29-60-24-20-33(43)21-25-60)42(64)27-39(62)47(65)57-45(34-12-8-7-9-13-34)53(71)72-31(2)44(48(66)55-37)56-49(67)46-41(63)15-10-22-54-46;2*1-5(2,3)4/h7-10,12-13,15-19,22,31,33,35,37-40,43-45,63H,6,11,14,20-21,23-30H2,1-5H3,(H,55,66)(H,56,67)(H,57,65);2*1H3,(H,2,3,4). The number of aromatic hydroxyl groups is 1. The molecule has 3 aromatic rings. The number of amides is 6. The Bertz CT molecular complexity index is 3010. The van der Waals surface area contributed by atoms with Crippen molar-refractivity contribution in [2.75, 3.05) is 77.0 Å². The third-order valence-corrected chi connectivity index (χ3v) is 16.7. The second kappa shape index (κ2) is 28.7. The van der Waals surface area contributed by atoms with Gasteiger partial charge in [0.15, 0.2) is 11.7 Å². The highest BCUT2D eigenvalue weighted by Gasteiger charge is 2.48. The van der Waals surface area contributed by atoms with Crippen LogP contribution in [0.25, 0.3) is 0 Å². The number of fused-ring (bicyclic) bond motifs is 5. The normalized spacial score (nSPS) is 27.4. The van der Waals surface area contributed by atoms with Crippen LogP contribution in [0.3, 0.4) is 0 Å². The van der Waals surface area contributed by atoms with Crippen LogP contribution in [-0.2, 0) is 65.0 Å². The van der Waals surface area contributed by atoms with E-state index < -0.39 is 121 Å². The van der Waals surface area contributed by atoms with Crippen molar-refractivity contribution in [3.05, 3.63) is 89.7 Å². The summed E-state index contributed by atoms with van der Waals surface area (Å²) in [5.41, 5.74) is 1.49. The number of Topliss-reactive ketones (excluding diaryl/α,β-unsaturated/α-hetero) is 1. The van der Waals surface area contributed by atoms with Crippen molar-refractivity contribution >= 4 is 84.9 Å². The predicted octanol–water partition coefficient (Wildman–Crippen LogP) is 1.33. The van der Waals surface area contributed by atoms with Gasteiger partial charge in [0.2, 0.25) is 29.5 Å². The second-order valence-electron chi connectivity index (χ2n) is 21.6. The van der Waals surface area contributed by atoms with Gasteiger partial charge in [-0.2, -0.15) is 28.6 Å². The summed E-state index contributed by atoms with van der Waals surface area (Å²) in [4.78, 5) is 130. The molecule has 454 valence electrons. The van der Waals surface area contributed by atoms with Crippen molar-refractivity contribution in [2.45, 2.75) is 106 Å². The summed E-state index contributed by atoms with van der Waals surface area (Å²) in [6.07, 6.45) is 3.83. The Balaban J connectivity index is 0.00000102. The fourth-order valence-corrected chi connectivity index (χ4v) is 12.4. The van der Waals surface area contributed by atoms with Gasteiger partial charge < -0.3 is 50.3 Å². The lowest BCUT2D eigenvalue weighted by Gasteiger charge is -2.45. The van der Waals surface area contributed by atoms with Crippen molar-refractivity contribution in [2.24, 2.45) is 11.8 Å². The minimum absolute atomic E-state index is 0.0289. The Morgan fingerprint density at radius 3 is 2.02 bits per heavy atom. The summed E-state index contributed by atoms with van der Waals surface area (Å²) in [7, 11) is -2.00. The first kappa shape index (κ1) is 65.4. The number of thioether (sulfide) groups is 1. The fraction of sp³-hybridized carbons (Fsp3) is 0.545. The lowest BCUT2D eigenvalue weighted by molar-refractivity contribution is -0.157. The van der Waals surface area contributed by atoms with Crippen LogP contribution in [0.1, 0.15) is 80.0 Å². The van der Waals surface area contributed by atoms with E-state index in [1.165, 1.54) is 47.0 Å². The lowest BCUT2D eigenvalue weighted by Crippen LogP contribution is -2.63. The van der Waals surface area contributed by atoms with Crippen molar-refractivity contribution in [1.29, 1.82) is 0 Å². The number of nitrogens with zero attached hydrogens (tertiary/aromatic N) is 6. The van der Waals surface area contributed by atoms with Crippen LogP contribution >= 0.6 is 11.8 Å². The summed E-state index contributed by atoms with van der Waals surface area (Å²) in [5.74, 6) is -5.83. The molecule has 1 aromatic heterocycles. The van der Waals surface area contributed by atoms with Gasteiger partial charge in [-0.3, -0.25) is 42.7 Å². The molecule has 0 spiro atoms. The number of nitrogens with one attached hydrogen (secondary N) is 3. The van der Waals surface area contributed by atoms with E-state index in [1.807, 2.05) is 43.3 Å². The number of anilines is 1. The zero-order valence-electron chi connectivity index (χ0n) is 47.5. The molecule has 0 aliphatic carbocycles. The van der Waals surface area contributed by atoms with Crippen molar-refractivity contribution in [3.8, 4) is 5.75 Å². The maximum Gasteiger partial charge on any atom is 0.333 e. The van der Waals surface area contributed by atoms with Crippen LogP contribution in [0, 0.1) is 11.8 Å². The van der Waals surface area contributed by atoms with Crippen molar-refractivity contribution < 1.29 is 74.1 Å². The van der Waals surface area contributed by atoms with Crippen LogP contribution in [0.2, 0.25) is 0 Å². The first-order valence-electron chi connectivity index (χ1n) is 27.2. The van der Waals surface area contributed by atoms with E-state index in [9.17, 15) is 45.9 Å². The van der Waals surface area contributed by atoms with E-state index in [-0.39, 0.29) is 50.1 Å². The largest absolute Gasteiger partial charge is 0.505 e. The third-order valence-electron chi connectivity index (χ3n) is 15.2. The molecule has 6 amide bonds. The predicted molar refractivity (Wildman–Crippen MR) is 307 cm³/mol. The van der Waals surface area contributed by atoms with Crippen LogP contribution in [0.15, 0.2) is 72.9 Å². The average molecular weight is 1210 g/mol. The summed E-state index contributed by atoms with van der Waals surface area (Å²) in [5, 5.41) is 18.8. The molecule has 9 atom stereocenters. The molecule has 0 radical (unpaired) electrons. The highest BCUT2D eigenvalue weighted by atomic mass is 32.2. The average Bonchev–Trinajstić information content (AvgIpc) is 3.63. The van der Waals surface area contributed by atoms with Crippen molar-refractivity contribution in [3.63, 3.8) is 0 Å². The van der Waals surface area contributed by atoms with Gasteiger partial charge in [0.05, 0.1) is 12.5 Å². The van der Waals surface area contributed by atoms with Gasteiger partial charge >= 0.3 is 5.97 Å². The molecule has 28 heteroatoms. The van der Waals surface area contributed by atoms with E-state index in [0.717, 1.165) is 43.7 Å². The van der Waals surface area contributed by atoms with Crippen LogP contribution < -0.4 is 20.9 Å². The maximum absolute atomic E-state index is 15.7. The number of cyclic esters (lactones) is 1. The molecule has 6 aliphatic rings. The van der Waals surface area contributed by atoms with Gasteiger partial charge in [-0.15, -0.1) is 0 Å². The number of hydrogen-bond donors (Lipinski definition) is 6. The lowest BCUT2D eigenvalue weighted by atomic mass is 9.88. The number of piperidine rings is 4. The summed E-state index contributed by atoms with van der Waals surface area (Å²) >= 11 is 1.73. The monoisotopic (exact) mass is 1210 g/mol. The molecule has 6 saturated heterocycles. The van der Waals surface area contributed by atoms with Crippen LogP contribution in [-0.4, -0.2) is 217 Å². The number of aromatic nitrogens is 1. The zero-order valence-corrected chi connectivity index (χ0v) is 49.9. The highest BCUT2D eigenvalue weighted by molar-refractivity contribution is 8.00. The van der Waals surface area contributed by atoms with Crippen LogP contribution in [0.4, 0.5) is 5.69 Å². The number of pyridine rings is 1. The Morgan fingerprint density at radius 2 is 1.45 bits per heavy atom. The molecular formula is C55H75N9O16S3. The molecule has 9 unspecified atom stereocenters. The number of rotatable bonds is 10. The number of benzene rings is 2. The van der Waals surface area contributed by atoms with Crippen molar-refractivity contribution in [1.82, 2.24) is 40.5 Å². The number of esters is 1. The van der Waals surface area contributed by atoms with Gasteiger partial charge in [0, 0.05) is 82.4 Å². The van der Waals surface area contributed by atoms with Gasteiger partial charge in [-0.05, 0) is 93.4 Å². The summed E-state index contributed by atoms with van der Waals surface area (Å²) in [6.45, 7) is 6.11. The Kier molecular flexibility index (Phi) is 22.6. The fourth-order valence-electron chi connectivity index (χ4n) is 10.8. The van der Waals surface area contributed by atoms with E-state index in [1.54, 1.807) is 49.0 Å². The molecule has 0 saturated carbocycles. The number of carbonyl (C=O) groups is 8. The molecule has 9 rings (SSSR count). The first-order chi connectivity index (χ1) is 39.0. The van der Waals surface area contributed by atoms with Crippen LogP contribution in [0.5, 0.6) is 5.75 Å². The number of ether oxygens (including phenoxy) is 1. The van der Waals surface area contributed by atoms with Gasteiger partial charge in [0.1, 0.15) is 47.8 Å². The molecule has 6 N–H and O–H groups in total. The zero-order chi connectivity index (χ0) is 61.1. The van der Waals surface area contributed by atoms with E-state index in [2.05, 4.69) is 25.8 Å². The molecule has 83 heavy (non-hydrogen) atoms. The van der Waals surface area contributed by atoms with Gasteiger partial charge in [-0.25, -0.2) is 9.78 Å². The number of likely N-dealkylation sites (N-methyl/N-ethyl adjacent to an activating group) is 1. The SMILES string of the molecule is CCC1NC(=O)C(NC(=O)c2ncccc2O)C(C)OC(=O)C(c2ccccc2)NC(=O)C2CC(=O)C(CSC3CN4CCC3CC4)CN2C(=O)C(Cc2ccc(N(C)C)cc2)N(C)C(=O)C2CCCN2C1=O.CS(=O)(=O)O.CS(=O)(=O)O. The number of ketones is 1. The Morgan fingerprint density at radius 1 is 0.807 bits per heavy atom. The van der Waals surface area contributed by atoms with Gasteiger partial charge in [0.25, 0.3) is 26.1 Å². The molecule has 7 heterocycles. The summed E-state index contributed by atoms with van der Waals surface area (Å²) < 4.78 is 57.7. The minimum Gasteiger partial charge on any atom is -0.505 e. The highest BCUT2D eigenvalue weighted by Crippen LogP contribution is 2.37. The van der Waals surface area contributed by atoms with E-state index in [0.29, 0.717) is 35.9 Å². The molecule has 6 aliphatic heterocycles. The molecule has 6 fully saturated rings.